The van der Waals surface area contributed by atoms with Crippen LogP contribution in [0.3, 0.4) is 0 Å². The molecule has 1 aliphatic heterocycles. The summed E-state index contributed by atoms with van der Waals surface area (Å²) in [4.78, 5) is 2.49. The summed E-state index contributed by atoms with van der Waals surface area (Å²) in [6.07, 6.45) is 3.60. The molecule has 0 aliphatic carbocycles. The summed E-state index contributed by atoms with van der Waals surface area (Å²) >= 11 is 0. The van der Waals surface area contributed by atoms with Gasteiger partial charge in [-0.15, -0.1) is 0 Å². The summed E-state index contributed by atoms with van der Waals surface area (Å²) in [5, 5.41) is 0. The Balaban J connectivity index is 1.80. The zero-order chi connectivity index (χ0) is 11.4. The normalized spacial score (nSPS) is 22.2. The molecule has 1 heterocycles. The highest BCUT2D eigenvalue weighted by Crippen LogP contribution is 2.10. The molecular formula is C14H22N2. The number of nitrogens with two attached hydrogens (primary N) is 1. The number of piperidine rings is 1. The molecule has 0 aromatic heterocycles. The average molecular weight is 218 g/mol. The number of benzene rings is 1. The van der Waals surface area contributed by atoms with Crippen molar-refractivity contribution >= 4 is 0 Å². The van der Waals surface area contributed by atoms with Crippen LogP contribution in [0.4, 0.5) is 0 Å². The first kappa shape index (κ1) is 11.6. The summed E-state index contributed by atoms with van der Waals surface area (Å²) in [5.74, 6) is 0. The van der Waals surface area contributed by atoms with Gasteiger partial charge in [0, 0.05) is 19.1 Å². The smallest absolute Gasteiger partial charge is 0.0168 e. The van der Waals surface area contributed by atoms with Crippen molar-refractivity contribution in [3.63, 3.8) is 0 Å². The Morgan fingerprint density at radius 2 is 2.06 bits per heavy atom. The van der Waals surface area contributed by atoms with Gasteiger partial charge in [0.05, 0.1) is 0 Å². The number of hydrogen-bond acceptors (Lipinski definition) is 2. The maximum atomic E-state index is 5.97. The highest BCUT2D eigenvalue weighted by atomic mass is 15.1. The summed E-state index contributed by atoms with van der Waals surface area (Å²) < 4.78 is 0. The number of rotatable bonds is 3. The van der Waals surface area contributed by atoms with E-state index in [1.54, 1.807) is 0 Å². The van der Waals surface area contributed by atoms with Crippen molar-refractivity contribution in [2.24, 2.45) is 5.73 Å². The van der Waals surface area contributed by atoms with Crippen LogP contribution in [0.1, 0.15) is 24.0 Å². The fourth-order valence-electron chi connectivity index (χ4n) is 2.34. The molecule has 0 bridgehead atoms. The molecule has 0 spiro atoms. The first-order chi connectivity index (χ1) is 7.74. The van der Waals surface area contributed by atoms with Gasteiger partial charge < -0.3 is 10.6 Å². The van der Waals surface area contributed by atoms with E-state index in [0.717, 1.165) is 19.5 Å². The molecule has 16 heavy (non-hydrogen) atoms. The number of likely N-dealkylation sites (tertiary alicyclic amines) is 1. The molecule has 1 aliphatic rings. The zero-order valence-electron chi connectivity index (χ0n) is 10.2. The van der Waals surface area contributed by atoms with Gasteiger partial charge in [-0.1, -0.05) is 29.8 Å². The molecule has 1 saturated heterocycles. The van der Waals surface area contributed by atoms with Crippen LogP contribution in [0.25, 0.3) is 0 Å². The maximum Gasteiger partial charge on any atom is 0.0168 e. The van der Waals surface area contributed by atoms with E-state index >= 15 is 0 Å². The second-order valence-corrected chi connectivity index (χ2v) is 4.94. The summed E-state index contributed by atoms with van der Waals surface area (Å²) in [6.45, 7) is 5.58. The summed E-state index contributed by atoms with van der Waals surface area (Å²) in [5.41, 5.74) is 8.74. The lowest BCUT2D eigenvalue weighted by Gasteiger charge is -2.30. The predicted molar refractivity (Wildman–Crippen MR) is 68.5 cm³/mol. The summed E-state index contributed by atoms with van der Waals surface area (Å²) in [6, 6.07) is 9.25. The Hall–Kier alpha value is -0.860. The molecule has 0 amide bonds. The predicted octanol–water partition coefficient (Wildman–Crippen LogP) is 1.96. The van der Waals surface area contributed by atoms with Crippen LogP contribution >= 0.6 is 0 Å². The second-order valence-electron chi connectivity index (χ2n) is 4.94. The number of nitrogens with zero attached hydrogens (tertiary/aromatic N) is 1. The highest BCUT2D eigenvalue weighted by molar-refractivity contribution is 5.21. The quantitative estimate of drug-likeness (QED) is 0.840. The molecule has 0 unspecified atom stereocenters. The van der Waals surface area contributed by atoms with Gasteiger partial charge in [-0.25, -0.2) is 0 Å². The molecule has 1 aromatic carbocycles. The van der Waals surface area contributed by atoms with E-state index in [1.165, 1.54) is 30.5 Å². The second kappa shape index (κ2) is 5.46. The van der Waals surface area contributed by atoms with Crippen molar-refractivity contribution < 1.29 is 0 Å². The van der Waals surface area contributed by atoms with Crippen LogP contribution < -0.4 is 5.73 Å². The molecule has 88 valence electrons. The van der Waals surface area contributed by atoms with Gasteiger partial charge in [-0.05, 0) is 38.3 Å². The lowest BCUT2D eigenvalue weighted by molar-refractivity contribution is 0.211. The molecule has 1 atom stereocenters. The van der Waals surface area contributed by atoms with E-state index in [4.69, 9.17) is 5.73 Å². The molecule has 2 N–H and O–H groups in total. The third-order valence-electron chi connectivity index (χ3n) is 3.38. The largest absolute Gasteiger partial charge is 0.327 e. The van der Waals surface area contributed by atoms with Gasteiger partial charge in [-0.3, -0.25) is 0 Å². The Morgan fingerprint density at radius 1 is 1.31 bits per heavy atom. The topological polar surface area (TPSA) is 29.3 Å². The molecule has 2 nitrogen and oxygen atoms in total. The van der Waals surface area contributed by atoms with E-state index in [1.807, 2.05) is 0 Å². The molecule has 2 rings (SSSR count). The molecule has 0 saturated carbocycles. The lowest BCUT2D eigenvalue weighted by atomic mass is 10.1. The van der Waals surface area contributed by atoms with Crippen molar-refractivity contribution in [1.29, 1.82) is 0 Å². The first-order valence-electron chi connectivity index (χ1n) is 6.27. The van der Waals surface area contributed by atoms with E-state index in [-0.39, 0.29) is 0 Å². The first-order valence-corrected chi connectivity index (χ1v) is 6.27. The minimum absolute atomic E-state index is 0.395. The number of hydrogen-bond donors (Lipinski definition) is 1. The third-order valence-corrected chi connectivity index (χ3v) is 3.38. The Morgan fingerprint density at radius 3 is 2.75 bits per heavy atom. The van der Waals surface area contributed by atoms with E-state index in [2.05, 4.69) is 36.1 Å². The van der Waals surface area contributed by atoms with E-state index in [9.17, 15) is 0 Å². The zero-order valence-corrected chi connectivity index (χ0v) is 10.2. The van der Waals surface area contributed by atoms with E-state index in [0.29, 0.717) is 6.04 Å². The monoisotopic (exact) mass is 218 g/mol. The average Bonchev–Trinajstić information content (AvgIpc) is 2.28. The fraction of sp³-hybridized carbons (Fsp3) is 0.571. The van der Waals surface area contributed by atoms with Crippen LogP contribution in [0.5, 0.6) is 0 Å². The maximum absolute atomic E-state index is 5.97. The van der Waals surface area contributed by atoms with Gasteiger partial charge in [0.2, 0.25) is 0 Å². The Bertz CT molecular complexity index is 318. The van der Waals surface area contributed by atoms with Gasteiger partial charge in [-0.2, -0.15) is 0 Å². The van der Waals surface area contributed by atoms with Gasteiger partial charge in [0.15, 0.2) is 0 Å². The summed E-state index contributed by atoms with van der Waals surface area (Å²) in [7, 11) is 0. The van der Waals surface area contributed by atoms with Crippen molar-refractivity contribution in [2.45, 2.75) is 32.2 Å². The molecular weight excluding hydrogens is 196 g/mol. The molecule has 2 heteroatoms. The third kappa shape index (κ3) is 3.32. The molecule has 0 radical (unpaired) electrons. The Labute approximate surface area is 98.4 Å². The van der Waals surface area contributed by atoms with Crippen LogP contribution in [0.15, 0.2) is 24.3 Å². The molecule has 1 aromatic rings. The Kier molecular flexibility index (Phi) is 3.97. The van der Waals surface area contributed by atoms with Gasteiger partial charge >= 0.3 is 0 Å². The highest BCUT2D eigenvalue weighted by Gasteiger charge is 2.15. The van der Waals surface area contributed by atoms with Crippen molar-refractivity contribution in [3.8, 4) is 0 Å². The van der Waals surface area contributed by atoms with E-state index < -0.39 is 0 Å². The van der Waals surface area contributed by atoms with Gasteiger partial charge in [0.25, 0.3) is 0 Å². The SMILES string of the molecule is Cc1ccc(CCN2CCC[C@H](N)C2)cc1. The van der Waals surface area contributed by atoms with Crippen LogP contribution in [-0.2, 0) is 6.42 Å². The minimum atomic E-state index is 0.395. The van der Waals surface area contributed by atoms with Crippen LogP contribution in [0, 0.1) is 6.92 Å². The fourth-order valence-corrected chi connectivity index (χ4v) is 2.34. The van der Waals surface area contributed by atoms with Crippen molar-refractivity contribution in [2.75, 3.05) is 19.6 Å². The van der Waals surface area contributed by atoms with Crippen LogP contribution in [0.2, 0.25) is 0 Å². The minimum Gasteiger partial charge on any atom is -0.327 e. The molecule has 1 fully saturated rings. The van der Waals surface area contributed by atoms with Crippen LogP contribution in [-0.4, -0.2) is 30.6 Å². The van der Waals surface area contributed by atoms with Gasteiger partial charge in [0.1, 0.15) is 0 Å². The number of aryl methyl sites for hydroxylation is 1. The lowest BCUT2D eigenvalue weighted by Crippen LogP contribution is -2.43. The van der Waals surface area contributed by atoms with Crippen molar-refractivity contribution in [1.82, 2.24) is 4.90 Å². The van der Waals surface area contributed by atoms with Crippen molar-refractivity contribution in [3.05, 3.63) is 35.4 Å². The standard InChI is InChI=1S/C14H22N2/c1-12-4-6-13(7-5-12)8-10-16-9-2-3-14(15)11-16/h4-7,14H,2-3,8-11,15H2,1H3/t14-/m0/s1.